The van der Waals surface area contributed by atoms with E-state index in [-0.39, 0.29) is 5.76 Å². The molecule has 0 atom stereocenters. The van der Waals surface area contributed by atoms with Gasteiger partial charge in [-0.25, -0.2) is 4.99 Å². The topological polar surface area (TPSA) is 32.6 Å². The molecule has 0 unspecified atom stereocenters. The van der Waals surface area contributed by atoms with Crippen molar-refractivity contribution in [3.8, 4) is 0 Å². The fourth-order valence-electron chi connectivity index (χ4n) is 1.52. The maximum Gasteiger partial charge on any atom is 0.141 e. The van der Waals surface area contributed by atoms with Crippen molar-refractivity contribution in [3.05, 3.63) is 66.0 Å². The zero-order chi connectivity index (χ0) is 11.5. The number of aliphatic imine (C=N–C) groups is 1. The van der Waals surface area contributed by atoms with Crippen molar-refractivity contribution in [1.29, 1.82) is 0 Å². The molecule has 1 N–H and O–H groups in total. The largest absolute Gasteiger partial charge is 0.506 e. The highest BCUT2D eigenvalue weighted by molar-refractivity contribution is 6.14. The van der Waals surface area contributed by atoms with E-state index in [1.165, 1.54) is 0 Å². The molecular formula is C14H13NO. The number of aliphatic hydroxyl groups is 1. The Bertz CT molecular complexity index is 521. The first-order chi connectivity index (χ1) is 7.68. The molecule has 0 aromatic heterocycles. The van der Waals surface area contributed by atoms with Gasteiger partial charge >= 0.3 is 0 Å². The molecule has 2 nitrogen and oxygen atoms in total. The lowest BCUT2D eigenvalue weighted by Gasteiger charge is -2.09. The van der Waals surface area contributed by atoms with Crippen LogP contribution in [0.2, 0.25) is 0 Å². The zero-order valence-corrected chi connectivity index (χ0v) is 9.14. The van der Waals surface area contributed by atoms with Crippen LogP contribution in [0.15, 0.2) is 65.4 Å². The molecule has 1 aliphatic carbocycles. The van der Waals surface area contributed by atoms with E-state index in [0.717, 1.165) is 16.8 Å². The number of hydrogen-bond donors (Lipinski definition) is 1. The van der Waals surface area contributed by atoms with Gasteiger partial charge in [0.05, 0.1) is 5.69 Å². The van der Waals surface area contributed by atoms with Gasteiger partial charge in [-0.2, -0.15) is 0 Å². The summed E-state index contributed by atoms with van der Waals surface area (Å²) in [7, 11) is 0. The van der Waals surface area contributed by atoms with Gasteiger partial charge in [-0.15, -0.1) is 0 Å². The highest BCUT2D eigenvalue weighted by Crippen LogP contribution is 2.21. The van der Waals surface area contributed by atoms with Crippen molar-refractivity contribution in [2.24, 2.45) is 4.99 Å². The molecule has 2 rings (SSSR count). The van der Waals surface area contributed by atoms with Gasteiger partial charge in [0, 0.05) is 0 Å². The predicted molar refractivity (Wildman–Crippen MR) is 67.3 cm³/mol. The highest BCUT2D eigenvalue weighted by atomic mass is 16.3. The van der Waals surface area contributed by atoms with Crippen LogP contribution in [0.25, 0.3) is 0 Å². The molecule has 1 aliphatic rings. The van der Waals surface area contributed by atoms with Crippen molar-refractivity contribution in [1.82, 2.24) is 0 Å². The maximum atomic E-state index is 9.71. The fourth-order valence-corrected chi connectivity index (χ4v) is 1.52. The van der Waals surface area contributed by atoms with Gasteiger partial charge in [-0.3, -0.25) is 0 Å². The molecule has 1 aromatic rings. The van der Waals surface area contributed by atoms with E-state index in [4.69, 9.17) is 0 Å². The number of para-hydroxylation sites is 1. The Morgan fingerprint density at radius 1 is 1.25 bits per heavy atom. The second-order valence-electron chi connectivity index (χ2n) is 3.68. The molecule has 0 saturated carbocycles. The van der Waals surface area contributed by atoms with E-state index in [2.05, 4.69) is 11.6 Å². The van der Waals surface area contributed by atoms with Crippen LogP contribution in [0.1, 0.15) is 5.56 Å². The fraction of sp³-hybridized carbons (Fsp3) is 0.0714. The van der Waals surface area contributed by atoms with Gasteiger partial charge in [-0.05, 0) is 30.2 Å². The minimum Gasteiger partial charge on any atom is -0.506 e. The van der Waals surface area contributed by atoms with E-state index in [0.29, 0.717) is 5.71 Å². The molecule has 2 heteroatoms. The molecule has 0 heterocycles. The first kappa shape index (κ1) is 10.4. The summed E-state index contributed by atoms with van der Waals surface area (Å²) < 4.78 is 0. The molecule has 16 heavy (non-hydrogen) atoms. The summed E-state index contributed by atoms with van der Waals surface area (Å²) in [5, 5.41) is 9.71. The molecule has 0 amide bonds. The van der Waals surface area contributed by atoms with Gasteiger partial charge in [0.25, 0.3) is 0 Å². The number of benzene rings is 1. The van der Waals surface area contributed by atoms with Crippen LogP contribution in [0.3, 0.4) is 0 Å². The van der Waals surface area contributed by atoms with Gasteiger partial charge in [0.15, 0.2) is 0 Å². The van der Waals surface area contributed by atoms with Gasteiger partial charge in [0.1, 0.15) is 11.5 Å². The second-order valence-corrected chi connectivity index (χ2v) is 3.68. The van der Waals surface area contributed by atoms with Crippen LogP contribution >= 0.6 is 0 Å². The Morgan fingerprint density at radius 3 is 2.69 bits per heavy atom. The van der Waals surface area contributed by atoms with Crippen molar-refractivity contribution >= 4 is 11.4 Å². The third kappa shape index (κ3) is 1.96. The van der Waals surface area contributed by atoms with E-state index in [1.54, 1.807) is 12.2 Å². The minimum atomic E-state index is 0.163. The third-order valence-electron chi connectivity index (χ3n) is 2.45. The summed E-state index contributed by atoms with van der Waals surface area (Å²) in [6.07, 6.45) is 5.21. The number of allylic oxidation sites excluding steroid dienone is 4. The van der Waals surface area contributed by atoms with E-state index in [9.17, 15) is 5.11 Å². The molecule has 0 fully saturated rings. The van der Waals surface area contributed by atoms with Crippen molar-refractivity contribution in [2.75, 3.05) is 0 Å². The number of rotatable bonds is 1. The Balaban J connectivity index is 2.46. The molecule has 1 aromatic carbocycles. The SMILES string of the molecule is C=C1C=CC=C(O)/C1=N/c1ccccc1C. The molecule has 0 bridgehead atoms. The molecule has 0 radical (unpaired) electrons. The second kappa shape index (κ2) is 4.19. The standard InChI is InChI=1S/C14H13NO/c1-10-6-3-4-8-12(10)15-14-11(2)7-5-9-13(14)16/h3-9,16H,2H2,1H3/b15-14+. The smallest absolute Gasteiger partial charge is 0.141 e. The lowest BCUT2D eigenvalue weighted by molar-refractivity contribution is 0.443. The molecule has 0 saturated heterocycles. The predicted octanol–water partition coefficient (Wildman–Crippen LogP) is 3.64. The average Bonchev–Trinajstić information content (AvgIpc) is 2.26. The van der Waals surface area contributed by atoms with E-state index >= 15 is 0 Å². The first-order valence-electron chi connectivity index (χ1n) is 5.10. The Hall–Kier alpha value is -2.09. The van der Waals surface area contributed by atoms with Gasteiger partial charge < -0.3 is 5.11 Å². The minimum absolute atomic E-state index is 0.163. The Kier molecular flexibility index (Phi) is 2.73. The summed E-state index contributed by atoms with van der Waals surface area (Å²) in [5.41, 5.74) is 3.19. The van der Waals surface area contributed by atoms with E-state index < -0.39 is 0 Å². The summed E-state index contributed by atoms with van der Waals surface area (Å²) in [6.45, 7) is 5.84. The van der Waals surface area contributed by atoms with Gasteiger partial charge in [-0.1, -0.05) is 36.9 Å². The normalized spacial score (nSPS) is 17.7. The number of hydrogen-bond acceptors (Lipinski definition) is 2. The van der Waals surface area contributed by atoms with Crippen LogP contribution in [0.4, 0.5) is 5.69 Å². The van der Waals surface area contributed by atoms with Crippen LogP contribution in [-0.2, 0) is 0 Å². The third-order valence-corrected chi connectivity index (χ3v) is 2.45. The number of aryl methyl sites for hydroxylation is 1. The number of nitrogens with zero attached hydrogens (tertiary/aromatic N) is 1. The lowest BCUT2D eigenvalue weighted by Crippen LogP contribution is -2.06. The van der Waals surface area contributed by atoms with Crippen LogP contribution in [0, 0.1) is 6.92 Å². The zero-order valence-electron chi connectivity index (χ0n) is 9.14. The first-order valence-corrected chi connectivity index (χ1v) is 5.10. The number of aliphatic hydroxyl groups excluding tert-OH is 1. The quantitative estimate of drug-likeness (QED) is 0.755. The molecule has 0 aliphatic heterocycles. The average molecular weight is 211 g/mol. The van der Waals surface area contributed by atoms with Crippen LogP contribution < -0.4 is 0 Å². The van der Waals surface area contributed by atoms with Crippen LogP contribution in [0.5, 0.6) is 0 Å². The molecular weight excluding hydrogens is 198 g/mol. The molecule has 80 valence electrons. The maximum absolute atomic E-state index is 9.71. The van der Waals surface area contributed by atoms with Crippen LogP contribution in [-0.4, -0.2) is 10.8 Å². The van der Waals surface area contributed by atoms with Crippen molar-refractivity contribution in [3.63, 3.8) is 0 Å². The van der Waals surface area contributed by atoms with Crippen molar-refractivity contribution in [2.45, 2.75) is 6.92 Å². The summed E-state index contributed by atoms with van der Waals surface area (Å²) in [4.78, 5) is 4.43. The van der Waals surface area contributed by atoms with Crippen molar-refractivity contribution < 1.29 is 5.11 Å². The summed E-state index contributed by atoms with van der Waals surface area (Å²) in [6, 6.07) is 7.79. The monoisotopic (exact) mass is 211 g/mol. The Morgan fingerprint density at radius 2 is 2.00 bits per heavy atom. The molecule has 0 spiro atoms. The summed E-state index contributed by atoms with van der Waals surface area (Å²) in [5.74, 6) is 0.163. The highest BCUT2D eigenvalue weighted by Gasteiger charge is 2.11. The lowest BCUT2D eigenvalue weighted by atomic mass is 10.1. The summed E-state index contributed by atoms with van der Waals surface area (Å²) >= 11 is 0. The van der Waals surface area contributed by atoms with Gasteiger partial charge in [0.2, 0.25) is 0 Å². The Labute approximate surface area is 95.0 Å². The van der Waals surface area contributed by atoms with E-state index in [1.807, 2.05) is 37.3 Å².